The van der Waals surface area contributed by atoms with Crippen LogP contribution in [0.4, 0.5) is 5.82 Å². The van der Waals surface area contributed by atoms with E-state index in [1.807, 2.05) is 34.5 Å². The molecule has 0 aliphatic carbocycles. The van der Waals surface area contributed by atoms with Gasteiger partial charge in [-0.2, -0.15) is 0 Å². The standard InChI is InChI=1S/C14H19N3S.C4H4O4/c1-16(2)9-10-17(12-13-6-5-11-18-13)14-7-3-4-8-15-14;5-3(6)1-2-4(7)8/h3-8,11H,9-10,12H2,1-2H3;1-2H,(H,5,6)(H,7,8)/b;2-1+/i1D3,2D3;. The monoisotopic (exact) mass is 383 g/mol. The Hall–Kier alpha value is -2.71. The van der Waals surface area contributed by atoms with Gasteiger partial charge in [-0.3, -0.25) is 0 Å². The summed E-state index contributed by atoms with van der Waals surface area (Å²) in [5, 5.41) is 17.6. The number of nitrogens with zero attached hydrogens (tertiary/aromatic N) is 3. The van der Waals surface area contributed by atoms with Crippen molar-refractivity contribution < 1.29 is 28.0 Å². The number of hydrogen-bond acceptors (Lipinski definition) is 6. The van der Waals surface area contributed by atoms with E-state index >= 15 is 0 Å². The van der Waals surface area contributed by atoms with E-state index < -0.39 is 25.9 Å². The summed E-state index contributed by atoms with van der Waals surface area (Å²) in [5.74, 6) is -1.83. The number of carboxylic acids is 2. The molecule has 0 saturated carbocycles. The Morgan fingerprint density at radius 3 is 2.38 bits per heavy atom. The highest BCUT2D eigenvalue weighted by molar-refractivity contribution is 7.09. The minimum absolute atomic E-state index is 0.116. The molecule has 26 heavy (non-hydrogen) atoms. The lowest BCUT2D eigenvalue weighted by molar-refractivity contribution is -0.134. The number of aromatic nitrogens is 1. The van der Waals surface area contributed by atoms with E-state index in [4.69, 9.17) is 18.4 Å². The van der Waals surface area contributed by atoms with Crippen LogP contribution in [0.5, 0.6) is 0 Å². The molecule has 2 heterocycles. The fraction of sp³-hybridized carbons (Fsp3) is 0.278. The zero-order valence-corrected chi connectivity index (χ0v) is 14.6. The number of likely N-dealkylation sites (N-methyl/N-ethyl adjacent to an activating group) is 1. The summed E-state index contributed by atoms with van der Waals surface area (Å²) in [6.45, 7) is -4.68. The average Bonchev–Trinajstić information content (AvgIpc) is 3.18. The van der Waals surface area contributed by atoms with Crippen molar-refractivity contribution in [1.29, 1.82) is 0 Å². The minimum Gasteiger partial charge on any atom is -0.478 e. The molecule has 0 spiro atoms. The molecule has 0 aliphatic rings. The average molecular weight is 384 g/mol. The van der Waals surface area contributed by atoms with Gasteiger partial charge in [-0.25, -0.2) is 14.6 Å². The van der Waals surface area contributed by atoms with E-state index in [0.717, 1.165) is 4.88 Å². The van der Waals surface area contributed by atoms with Gasteiger partial charge in [0.15, 0.2) is 0 Å². The highest BCUT2D eigenvalue weighted by Gasteiger charge is 2.09. The Balaban J connectivity index is 0.000000547. The predicted octanol–water partition coefficient (Wildman–Crippen LogP) is 2.42. The fourth-order valence-electron chi connectivity index (χ4n) is 1.77. The van der Waals surface area contributed by atoms with E-state index in [2.05, 4.69) is 4.98 Å². The molecule has 0 fully saturated rings. The van der Waals surface area contributed by atoms with Crippen LogP contribution < -0.4 is 4.90 Å². The normalized spacial score (nSPS) is 14.8. The number of anilines is 1. The summed E-state index contributed by atoms with van der Waals surface area (Å²) < 4.78 is 44.7. The molecule has 0 aliphatic heterocycles. The van der Waals surface area contributed by atoms with Crippen molar-refractivity contribution in [2.75, 3.05) is 31.9 Å². The topological polar surface area (TPSA) is 94.0 Å². The van der Waals surface area contributed by atoms with Gasteiger partial charge in [0.05, 0.1) is 6.54 Å². The molecule has 0 atom stereocenters. The van der Waals surface area contributed by atoms with Gasteiger partial charge in [0.2, 0.25) is 0 Å². The largest absolute Gasteiger partial charge is 0.478 e. The summed E-state index contributed by atoms with van der Waals surface area (Å²) in [6, 6.07) is 9.38. The summed E-state index contributed by atoms with van der Waals surface area (Å²) in [6.07, 6.45) is 2.77. The van der Waals surface area contributed by atoms with Crippen molar-refractivity contribution in [2.45, 2.75) is 6.54 Å². The third-order valence-corrected chi connectivity index (χ3v) is 3.72. The van der Waals surface area contributed by atoms with Gasteiger partial charge in [0.25, 0.3) is 0 Å². The van der Waals surface area contributed by atoms with Crippen LogP contribution in [0.1, 0.15) is 13.1 Å². The molecule has 0 bridgehead atoms. The van der Waals surface area contributed by atoms with Crippen molar-refractivity contribution in [3.8, 4) is 0 Å². The number of hydrogen-bond donors (Lipinski definition) is 2. The van der Waals surface area contributed by atoms with E-state index in [9.17, 15) is 9.59 Å². The molecule has 0 radical (unpaired) electrons. The Morgan fingerprint density at radius 1 is 1.15 bits per heavy atom. The van der Waals surface area contributed by atoms with Gasteiger partial charge in [-0.15, -0.1) is 11.3 Å². The van der Waals surface area contributed by atoms with E-state index in [-0.39, 0.29) is 13.1 Å². The molecule has 2 rings (SSSR count). The highest BCUT2D eigenvalue weighted by atomic mass is 32.1. The maximum Gasteiger partial charge on any atom is 0.328 e. The van der Waals surface area contributed by atoms with E-state index in [0.29, 0.717) is 29.4 Å². The molecule has 2 aromatic rings. The Labute approximate surface area is 165 Å². The Kier molecular flexibility index (Phi) is 6.11. The smallest absolute Gasteiger partial charge is 0.328 e. The second kappa shape index (κ2) is 11.8. The van der Waals surface area contributed by atoms with Crippen molar-refractivity contribution in [3.63, 3.8) is 0 Å². The molecule has 8 heteroatoms. The summed E-state index contributed by atoms with van der Waals surface area (Å²) >= 11 is 1.59. The minimum atomic E-state index is -2.68. The summed E-state index contributed by atoms with van der Waals surface area (Å²) in [4.78, 5) is 27.0. The van der Waals surface area contributed by atoms with Crippen molar-refractivity contribution in [1.82, 2.24) is 9.88 Å². The van der Waals surface area contributed by atoms with Crippen molar-refractivity contribution >= 4 is 29.1 Å². The molecule has 140 valence electrons. The van der Waals surface area contributed by atoms with Crippen LogP contribution in [0.25, 0.3) is 0 Å². The van der Waals surface area contributed by atoms with Gasteiger partial charge in [0.1, 0.15) is 5.82 Å². The van der Waals surface area contributed by atoms with E-state index in [1.165, 1.54) is 0 Å². The molecule has 0 amide bonds. The molecule has 0 saturated heterocycles. The fourth-order valence-corrected chi connectivity index (χ4v) is 2.49. The van der Waals surface area contributed by atoms with Crippen LogP contribution >= 0.6 is 11.3 Å². The maximum atomic E-state index is 9.55. The lowest BCUT2D eigenvalue weighted by atomic mass is 10.3. The van der Waals surface area contributed by atoms with Crippen LogP contribution in [0.15, 0.2) is 54.1 Å². The zero-order chi connectivity index (χ0) is 24.4. The molecular formula is C18H23N3O4S. The van der Waals surface area contributed by atoms with Gasteiger partial charge < -0.3 is 20.0 Å². The first kappa shape index (κ1) is 13.5. The number of carbonyl (C=O) groups is 2. The molecule has 2 aromatic heterocycles. The van der Waals surface area contributed by atoms with Crippen LogP contribution in [0.3, 0.4) is 0 Å². The van der Waals surface area contributed by atoms with Crippen molar-refractivity contribution in [2.24, 2.45) is 0 Å². The van der Waals surface area contributed by atoms with Gasteiger partial charge in [-0.05, 0) is 37.5 Å². The second-order valence-corrected chi connectivity index (χ2v) is 5.88. The second-order valence-electron chi connectivity index (χ2n) is 4.85. The summed E-state index contributed by atoms with van der Waals surface area (Å²) in [7, 11) is 0. The number of pyridine rings is 1. The lowest BCUT2D eigenvalue weighted by Gasteiger charge is -2.24. The Bertz CT molecular complexity index is 843. The van der Waals surface area contributed by atoms with Crippen LogP contribution in [-0.2, 0) is 16.1 Å². The first-order valence-corrected chi connectivity index (χ1v) is 8.28. The third kappa shape index (κ3) is 9.55. The predicted molar refractivity (Wildman–Crippen MR) is 103 cm³/mol. The summed E-state index contributed by atoms with van der Waals surface area (Å²) in [5.41, 5.74) is 0. The maximum absolute atomic E-state index is 9.55. The van der Waals surface area contributed by atoms with Crippen LogP contribution in [0.2, 0.25) is 0 Å². The first-order valence-electron chi connectivity index (χ1n) is 10.4. The van der Waals surface area contributed by atoms with E-state index in [1.54, 1.807) is 23.6 Å². The number of thiophene rings is 1. The molecule has 7 nitrogen and oxygen atoms in total. The molecule has 0 aromatic carbocycles. The van der Waals surface area contributed by atoms with Gasteiger partial charge >= 0.3 is 11.9 Å². The Morgan fingerprint density at radius 2 is 1.88 bits per heavy atom. The van der Waals surface area contributed by atoms with Crippen LogP contribution in [0, 0.1) is 0 Å². The number of rotatable bonds is 8. The first-order chi connectivity index (χ1) is 14.8. The zero-order valence-electron chi connectivity index (χ0n) is 19.8. The third-order valence-electron chi connectivity index (χ3n) is 2.86. The lowest BCUT2D eigenvalue weighted by Crippen LogP contribution is -2.31. The number of aliphatic carboxylic acids is 2. The van der Waals surface area contributed by atoms with Crippen LogP contribution in [-0.4, -0.2) is 59.1 Å². The molecule has 2 N–H and O–H groups in total. The number of carboxylic acid groups (broad SMARTS) is 2. The molecule has 0 unspecified atom stereocenters. The highest BCUT2D eigenvalue weighted by Crippen LogP contribution is 2.17. The quantitative estimate of drug-likeness (QED) is 0.676. The van der Waals surface area contributed by atoms with Crippen molar-refractivity contribution in [3.05, 3.63) is 58.9 Å². The van der Waals surface area contributed by atoms with Gasteiger partial charge in [0, 0.05) is 44.5 Å². The molecular weight excluding hydrogens is 354 g/mol. The van der Waals surface area contributed by atoms with Gasteiger partial charge in [-0.1, -0.05) is 12.1 Å². The SMILES string of the molecule is O=C(O)/C=C/C(=O)O.[2H]C([2H])([2H])N(CCN(Cc1cccs1)c1ccccn1)C([2H])([2H])[2H].